The van der Waals surface area contributed by atoms with Gasteiger partial charge in [-0.05, 0) is 31.4 Å². The molecule has 0 radical (unpaired) electrons. The van der Waals surface area contributed by atoms with Crippen molar-refractivity contribution in [3.05, 3.63) is 23.9 Å². The Morgan fingerprint density at radius 3 is 2.79 bits per heavy atom. The van der Waals surface area contributed by atoms with Gasteiger partial charge in [0.05, 0.1) is 5.56 Å². The number of pyridine rings is 1. The Morgan fingerprint density at radius 2 is 2.16 bits per heavy atom. The molecule has 0 spiro atoms. The fraction of sp³-hybridized carbons (Fsp3) is 0.462. The standard InChI is InChI=1S/C13H18N4O2/c14-11-6-3-9(8-16-11)13(19)15-7-1-2-12(18)17-10-4-5-10/h3,6,8,10H,1-2,4-5,7H2,(H2,14,16)(H,15,19)(H,17,18). The number of carbonyl (C=O) groups is 2. The maximum Gasteiger partial charge on any atom is 0.252 e. The highest BCUT2D eigenvalue weighted by Crippen LogP contribution is 2.18. The zero-order valence-electron chi connectivity index (χ0n) is 10.7. The van der Waals surface area contributed by atoms with Gasteiger partial charge in [0.2, 0.25) is 5.91 Å². The lowest BCUT2D eigenvalue weighted by Crippen LogP contribution is -2.28. The SMILES string of the molecule is Nc1ccc(C(=O)NCCCC(=O)NC2CC2)cn1. The second-order valence-electron chi connectivity index (χ2n) is 4.67. The molecule has 0 aliphatic heterocycles. The van der Waals surface area contributed by atoms with Gasteiger partial charge in [-0.25, -0.2) is 4.98 Å². The summed E-state index contributed by atoms with van der Waals surface area (Å²) in [7, 11) is 0. The summed E-state index contributed by atoms with van der Waals surface area (Å²) >= 11 is 0. The van der Waals surface area contributed by atoms with E-state index in [1.807, 2.05) is 0 Å². The maximum absolute atomic E-state index is 11.7. The second kappa shape index (κ2) is 6.17. The number of rotatable bonds is 6. The highest BCUT2D eigenvalue weighted by molar-refractivity contribution is 5.94. The van der Waals surface area contributed by atoms with Gasteiger partial charge in [0.15, 0.2) is 0 Å². The Kier molecular flexibility index (Phi) is 4.33. The Bertz CT molecular complexity index is 454. The van der Waals surface area contributed by atoms with E-state index in [1.54, 1.807) is 12.1 Å². The van der Waals surface area contributed by atoms with Crippen LogP contribution in [0.1, 0.15) is 36.0 Å². The van der Waals surface area contributed by atoms with Gasteiger partial charge in [0.1, 0.15) is 5.82 Å². The molecular weight excluding hydrogens is 244 g/mol. The van der Waals surface area contributed by atoms with Crippen LogP contribution in [0, 0.1) is 0 Å². The first kappa shape index (κ1) is 13.3. The molecule has 1 aliphatic rings. The van der Waals surface area contributed by atoms with E-state index in [1.165, 1.54) is 6.20 Å². The molecule has 6 heteroatoms. The van der Waals surface area contributed by atoms with Gasteiger partial charge >= 0.3 is 0 Å². The Balaban J connectivity index is 1.63. The van der Waals surface area contributed by atoms with Crippen molar-refractivity contribution in [2.45, 2.75) is 31.7 Å². The molecule has 1 fully saturated rings. The van der Waals surface area contributed by atoms with Crippen molar-refractivity contribution in [3.63, 3.8) is 0 Å². The summed E-state index contributed by atoms with van der Waals surface area (Å²) in [5.74, 6) is 0.245. The first-order valence-corrected chi connectivity index (χ1v) is 6.44. The summed E-state index contributed by atoms with van der Waals surface area (Å²) in [6.45, 7) is 0.474. The van der Waals surface area contributed by atoms with Crippen molar-refractivity contribution in [1.29, 1.82) is 0 Å². The predicted octanol–water partition coefficient (Wildman–Crippen LogP) is 0.452. The Labute approximate surface area is 111 Å². The minimum absolute atomic E-state index is 0.0610. The van der Waals surface area contributed by atoms with Crippen LogP contribution in [0.2, 0.25) is 0 Å². The van der Waals surface area contributed by atoms with E-state index in [-0.39, 0.29) is 11.8 Å². The highest BCUT2D eigenvalue weighted by atomic mass is 16.2. The second-order valence-corrected chi connectivity index (χ2v) is 4.67. The van der Waals surface area contributed by atoms with E-state index < -0.39 is 0 Å². The van der Waals surface area contributed by atoms with Gasteiger partial charge in [0.25, 0.3) is 5.91 Å². The molecule has 2 amide bonds. The number of amides is 2. The highest BCUT2D eigenvalue weighted by Gasteiger charge is 2.22. The van der Waals surface area contributed by atoms with Crippen molar-refractivity contribution in [3.8, 4) is 0 Å². The average molecular weight is 262 g/mol. The maximum atomic E-state index is 11.7. The first-order valence-electron chi connectivity index (χ1n) is 6.44. The topological polar surface area (TPSA) is 97.1 Å². The van der Waals surface area contributed by atoms with Gasteiger partial charge < -0.3 is 16.4 Å². The number of nitrogen functional groups attached to an aromatic ring is 1. The minimum Gasteiger partial charge on any atom is -0.384 e. The quantitative estimate of drug-likeness (QED) is 0.648. The molecule has 1 aromatic rings. The van der Waals surface area contributed by atoms with Crippen molar-refractivity contribution in [2.75, 3.05) is 12.3 Å². The van der Waals surface area contributed by atoms with Crippen LogP contribution in [0.4, 0.5) is 5.82 Å². The molecular formula is C13H18N4O2. The van der Waals surface area contributed by atoms with E-state index >= 15 is 0 Å². The molecule has 102 valence electrons. The number of carbonyl (C=O) groups excluding carboxylic acids is 2. The number of anilines is 1. The van der Waals surface area contributed by atoms with Gasteiger partial charge in [-0.3, -0.25) is 9.59 Å². The molecule has 19 heavy (non-hydrogen) atoms. The van der Waals surface area contributed by atoms with E-state index in [2.05, 4.69) is 15.6 Å². The average Bonchev–Trinajstić information content (AvgIpc) is 3.19. The van der Waals surface area contributed by atoms with Crippen LogP contribution < -0.4 is 16.4 Å². The molecule has 1 saturated carbocycles. The molecule has 0 bridgehead atoms. The Hall–Kier alpha value is -2.11. The molecule has 0 atom stereocenters. The summed E-state index contributed by atoms with van der Waals surface area (Å²) in [6.07, 6.45) is 4.69. The number of nitrogens with zero attached hydrogens (tertiary/aromatic N) is 1. The van der Waals surface area contributed by atoms with Gasteiger partial charge in [0, 0.05) is 25.2 Å². The third kappa shape index (κ3) is 4.57. The molecule has 1 aromatic heterocycles. The zero-order chi connectivity index (χ0) is 13.7. The van der Waals surface area contributed by atoms with Gasteiger partial charge in [-0.2, -0.15) is 0 Å². The van der Waals surface area contributed by atoms with Crippen LogP contribution in [0.15, 0.2) is 18.3 Å². The number of aromatic nitrogens is 1. The molecule has 0 aromatic carbocycles. The van der Waals surface area contributed by atoms with Crippen LogP contribution in [-0.4, -0.2) is 29.4 Å². The van der Waals surface area contributed by atoms with E-state index in [0.29, 0.717) is 36.8 Å². The molecule has 0 saturated heterocycles. The first-order chi connectivity index (χ1) is 9.15. The largest absolute Gasteiger partial charge is 0.384 e. The van der Waals surface area contributed by atoms with Crippen molar-refractivity contribution >= 4 is 17.6 Å². The molecule has 2 rings (SSSR count). The summed E-state index contributed by atoms with van der Waals surface area (Å²) < 4.78 is 0. The number of nitrogens with one attached hydrogen (secondary N) is 2. The smallest absolute Gasteiger partial charge is 0.252 e. The summed E-state index contributed by atoms with van der Waals surface area (Å²) in [4.78, 5) is 26.9. The molecule has 6 nitrogen and oxygen atoms in total. The van der Waals surface area contributed by atoms with Crippen LogP contribution in [-0.2, 0) is 4.79 Å². The fourth-order valence-corrected chi connectivity index (χ4v) is 1.62. The van der Waals surface area contributed by atoms with Crippen molar-refractivity contribution in [2.24, 2.45) is 0 Å². The summed E-state index contributed by atoms with van der Waals surface area (Å²) in [5, 5.41) is 5.65. The minimum atomic E-state index is -0.199. The van der Waals surface area contributed by atoms with Crippen LogP contribution in [0.5, 0.6) is 0 Å². The third-order valence-electron chi connectivity index (χ3n) is 2.86. The molecule has 1 heterocycles. The normalized spacial score (nSPS) is 13.9. The van der Waals surface area contributed by atoms with E-state index in [9.17, 15) is 9.59 Å². The van der Waals surface area contributed by atoms with E-state index in [0.717, 1.165) is 12.8 Å². The lowest BCUT2D eigenvalue weighted by molar-refractivity contribution is -0.121. The van der Waals surface area contributed by atoms with Crippen LogP contribution in [0.25, 0.3) is 0 Å². The van der Waals surface area contributed by atoms with E-state index in [4.69, 9.17) is 5.73 Å². The molecule has 4 N–H and O–H groups in total. The van der Waals surface area contributed by atoms with Gasteiger partial charge in [-0.1, -0.05) is 0 Å². The molecule has 1 aliphatic carbocycles. The van der Waals surface area contributed by atoms with Gasteiger partial charge in [-0.15, -0.1) is 0 Å². The fourth-order valence-electron chi connectivity index (χ4n) is 1.62. The van der Waals surface area contributed by atoms with Crippen LogP contribution in [0.3, 0.4) is 0 Å². The zero-order valence-corrected chi connectivity index (χ0v) is 10.7. The number of hydrogen-bond acceptors (Lipinski definition) is 4. The lowest BCUT2D eigenvalue weighted by atomic mass is 10.2. The third-order valence-corrected chi connectivity index (χ3v) is 2.86. The molecule has 0 unspecified atom stereocenters. The summed E-state index contributed by atoms with van der Waals surface area (Å²) in [6, 6.07) is 3.60. The Morgan fingerprint density at radius 1 is 1.37 bits per heavy atom. The number of nitrogens with two attached hydrogens (primary N) is 1. The lowest BCUT2D eigenvalue weighted by Gasteiger charge is -2.05. The van der Waals surface area contributed by atoms with Crippen molar-refractivity contribution in [1.82, 2.24) is 15.6 Å². The summed E-state index contributed by atoms with van der Waals surface area (Å²) in [5.41, 5.74) is 5.91. The predicted molar refractivity (Wildman–Crippen MR) is 71.4 cm³/mol. The monoisotopic (exact) mass is 262 g/mol. The van der Waals surface area contributed by atoms with Crippen molar-refractivity contribution < 1.29 is 9.59 Å². The number of hydrogen-bond donors (Lipinski definition) is 3. The van der Waals surface area contributed by atoms with Crippen LogP contribution >= 0.6 is 0 Å².